The van der Waals surface area contributed by atoms with Gasteiger partial charge in [0.15, 0.2) is 0 Å². The molecular formula is C12H17FN2O3. The summed E-state index contributed by atoms with van der Waals surface area (Å²) in [6.45, 7) is 3.89. The van der Waals surface area contributed by atoms with Crippen LogP contribution in [-0.4, -0.2) is 22.7 Å². The molecule has 0 amide bonds. The first kappa shape index (κ1) is 14.4. The first-order valence-electron chi connectivity index (χ1n) is 5.77. The van der Waals surface area contributed by atoms with Crippen molar-refractivity contribution in [1.29, 1.82) is 0 Å². The first-order chi connectivity index (χ1) is 8.45. The monoisotopic (exact) mass is 256 g/mol. The zero-order valence-electron chi connectivity index (χ0n) is 10.4. The summed E-state index contributed by atoms with van der Waals surface area (Å²) in [7, 11) is 0. The molecule has 0 aliphatic rings. The molecule has 1 aromatic carbocycles. The van der Waals surface area contributed by atoms with Gasteiger partial charge < -0.3 is 10.4 Å². The number of nitrogens with one attached hydrogen (secondary N) is 1. The van der Waals surface area contributed by atoms with Crippen LogP contribution in [0.1, 0.15) is 20.3 Å². The number of anilines is 1. The molecule has 1 rings (SSSR count). The molecule has 1 aromatic rings. The third-order valence-corrected chi connectivity index (χ3v) is 2.74. The van der Waals surface area contributed by atoms with Crippen LogP contribution >= 0.6 is 0 Å². The van der Waals surface area contributed by atoms with Crippen molar-refractivity contribution in [2.45, 2.75) is 26.3 Å². The van der Waals surface area contributed by atoms with Gasteiger partial charge in [-0.3, -0.25) is 10.1 Å². The van der Waals surface area contributed by atoms with E-state index in [-0.39, 0.29) is 29.9 Å². The quantitative estimate of drug-likeness (QED) is 0.606. The van der Waals surface area contributed by atoms with Crippen molar-refractivity contribution in [2.75, 3.05) is 11.9 Å². The number of halogens is 1. The molecule has 0 heterocycles. The van der Waals surface area contributed by atoms with Gasteiger partial charge in [0.2, 0.25) is 0 Å². The van der Waals surface area contributed by atoms with E-state index in [9.17, 15) is 14.5 Å². The molecule has 0 fully saturated rings. The summed E-state index contributed by atoms with van der Waals surface area (Å²) in [6.07, 6.45) is 0.478. The Morgan fingerprint density at radius 1 is 1.50 bits per heavy atom. The molecule has 0 aromatic heterocycles. The molecule has 0 saturated heterocycles. The van der Waals surface area contributed by atoms with Gasteiger partial charge in [-0.15, -0.1) is 0 Å². The predicted octanol–water partition coefficient (Wildman–Crippen LogP) is 2.55. The lowest BCUT2D eigenvalue weighted by atomic mass is 10.0. The van der Waals surface area contributed by atoms with Crippen molar-refractivity contribution in [2.24, 2.45) is 5.92 Å². The Labute approximate surface area is 105 Å². The third-order valence-electron chi connectivity index (χ3n) is 2.74. The Bertz CT molecular complexity index is 424. The molecule has 0 radical (unpaired) electrons. The lowest BCUT2D eigenvalue weighted by Crippen LogP contribution is -2.27. The summed E-state index contributed by atoms with van der Waals surface area (Å²) in [5, 5.41) is 22.8. The SMILES string of the molecule is CC(C)C(CCO)Nc1ccc(F)cc1[N+](=O)[O-]. The number of aliphatic hydroxyl groups is 1. The Balaban J connectivity index is 2.98. The zero-order valence-corrected chi connectivity index (χ0v) is 10.4. The van der Waals surface area contributed by atoms with Crippen molar-refractivity contribution in [3.63, 3.8) is 0 Å². The van der Waals surface area contributed by atoms with E-state index in [2.05, 4.69) is 5.32 Å². The number of nitro benzene ring substituents is 1. The van der Waals surface area contributed by atoms with Crippen molar-refractivity contribution in [1.82, 2.24) is 0 Å². The largest absolute Gasteiger partial charge is 0.396 e. The van der Waals surface area contributed by atoms with Crippen LogP contribution in [0.5, 0.6) is 0 Å². The Hall–Kier alpha value is -1.69. The van der Waals surface area contributed by atoms with Crippen LogP contribution in [0.15, 0.2) is 18.2 Å². The van der Waals surface area contributed by atoms with Gasteiger partial charge >= 0.3 is 0 Å². The number of hydrogen-bond acceptors (Lipinski definition) is 4. The van der Waals surface area contributed by atoms with Crippen molar-refractivity contribution in [3.8, 4) is 0 Å². The van der Waals surface area contributed by atoms with Crippen LogP contribution in [0, 0.1) is 21.8 Å². The number of benzene rings is 1. The maximum absolute atomic E-state index is 13.0. The van der Waals surface area contributed by atoms with Gasteiger partial charge in [0, 0.05) is 12.6 Å². The van der Waals surface area contributed by atoms with Gasteiger partial charge in [-0.1, -0.05) is 13.8 Å². The second-order valence-electron chi connectivity index (χ2n) is 4.43. The van der Waals surface area contributed by atoms with Crippen molar-refractivity contribution < 1.29 is 14.4 Å². The van der Waals surface area contributed by atoms with E-state index in [1.807, 2.05) is 13.8 Å². The molecule has 0 aliphatic carbocycles. The first-order valence-corrected chi connectivity index (χ1v) is 5.77. The molecule has 1 atom stereocenters. The minimum absolute atomic E-state index is 0.00909. The van der Waals surface area contributed by atoms with E-state index >= 15 is 0 Å². The molecule has 5 nitrogen and oxygen atoms in total. The fourth-order valence-corrected chi connectivity index (χ4v) is 1.69. The van der Waals surface area contributed by atoms with Crippen LogP contribution in [0.3, 0.4) is 0 Å². The zero-order chi connectivity index (χ0) is 13.7. The highest BCUT2D eigenvalue weighted by molar-refractivity contribution is 5.61. The lowest BCUT2D eigenvalue weighted by Gasteiger charge is -2.22. The molecule has 0 aliphatic heterocycles. The minimum Gasteiger partial charge on any atom is -0.396 e. The highest BCUT2D eigenvalue weighted by Crippen LogP contribution is 2.27. The molecule has 6 heteroatoms. The van der Waals surface area contributed by atoms with E-state index in [0.29, 0.717) is 6.42 Å². The topological polar surface area (TPSA) is 75.4 Å². The van der Waals surface area contributed by atoms with E-state index < -0.39 is 10.7 Å². The van der Waals surface area contributed by atoms with Crippen LogP contribution in [0.4, 0.5) is 15.8 Å². The molecule has 18 heavy (non-hydrogen) atoms. The summed E-state index contributed by atoms with van der Waals surface area (Å²) < 4.78 is 13.0. The molecule has 0 spiro atoms. The molecular weight excluding hydrogens is 239 g/mol. The van der Waals surface area contributed by atoms with Gasteiger partial charge in [0.1, 0.15) is 11.5 Å². The van der Waals surface area contributed by atoms with Crippen molar-refractivity contribution in [3.05, 3.63) is 34.1 Å². The third kappa shape index (κ3) is 3.66. The Morgan fingerprint density at radius 2 is 2.17 bits per heavy atom. The smallest absolute Gasteiger partial charge is 0.295 e. The van der Waals surface area contributed by atoms with Gasteiger partial charge in [-0.2, -0.15) is 0 Å². The maximum atomic E-state index is 13.0. The normalized spacial score (nSPS) is 12.5. The van der Waals surface area contributed by atoms with E-state index in [1.54, 1.807) is 0 Å². The molecule has 0 saturated carbocycles. The maximum Gasteiger partial charge on any atom is 0.295 e. The molecule has 0 bridgehead atoms. The summed E-state index contributed by atoms with van der Waals surface area (Å²) >= 11 is 0. The van der Waals surface area contributed by atoms with Crippen molar-refractivity contribution >= 4 is 11.4 Å². The predicted molar refractivity (Wildman–Crippen MR) is 67.0 cm³/mol. The number of rotatable bonds is 6. The van der Waals surface area contributed by atoms with Crippen LogP contribution in [0.25, 0.3) is 0 Å². The molecule has 2 N–H and O–H groups in total. The number of nitro groups is 1. The van der Waals surface area contributed by atoms with Gasteiger partial charge in [-0.25, -0.2) is 4.39 Å². The van der Waals surface area contributed by atoms with E-state index in [1.165, 1.54) is 12.1 Å². The summed E-state index contributed by atoms with van der Waals surface area (Å²) in [5.74, 6) is -0.447. The van der Waals surface area contributed by atoms with Gasteiger partial charge in [0.25, 0.3) is 5.69 Å². The number of aliphatic hydroxyl groups excluding tert-OH is 1. The summed E-state index contributed by atoms with van der Waals surface area (Å²) in [4.78, 5) is 10.2. The highest BCUT2D eigenvalue weighted by atomic mass is 19.1. The number of nitrogens with zero attached hydrogens (tertiary/aromatic N) is 1. The number of hydrogen-bond donors (Lipinski definition) is 2. The van der Waals surface area contributed by atoms with Gasteiger partial charge in [0.05, 0.1) is 11.0 Å². The minimum atomic E-state index is -0.643. The average Bonchev–Trinajstić information content (AvgIpc) is 2.30. The molecule has 1 unspecified atom stereocenters. The second kappa shape index (κ2) is 6.30. The van der Waals surface area contributed by atoms with Gasteiger partial charge in [-0.05, 0) is 24.5 Å². The Kier molecular flexibility index (Phi) is 5.03. The Morgan fingerprint density at radius 3 is 2.67 bits per heavy atom. The second-order valence-corrected chi connectivity index (χ2v) is 4.43. The van der Waals surface area contributed by atoms with Crippen LogP contribution in [0.2, 0.25) is 0 Å². The lowest BCUT2D eigenvalue weighted by molar-refractivity contribution is -0.384. The van der Waals surface area contributed by atoms with E-state index in [4.69, 9.17) is 5.11 Å². The fraction of sp³-hybridized carbons (Fsp3) is 0.500. The average molecular weight is 256 g/mol. The van der Waals surface area contributed by atoms with Crippen LogP contribution < -0.4 is 5.32 Å². The van der Waals surface area contributed by atoms with E-state index in [0.717, 1.165) is 6.07 Å². The summed E-state index contributed by atoms with van der Waals surface area (Å²) in [5.41, 5.74) is -0.0212. The standard InChI is InChI=1S/C12H17FN2O3/c1-8(2)10(5-6-16)14-11-4-3-9(13)7-12(11)15(17)18/h3-4,7-8,10,14,16H,5-6H2,1-2H3. The highest BCUT2D eigenvalue weighted by Gasteiger charge is 2.19. The summed E-state index contributed by atoms with van der Waals surface area (Å²) in [6, 6.07) is 3.31. The van der Waals surface area contributed by atoms with Crippen LogP contribution in [-0.2, 0) is 0 Å². The molecule has 100 valence electrons. The fourth-order valence-electron chi connectivity index (χ4n) is 1.69.